The average Bonchev–Trinajstić information content (AvgIpc) is 0.770. The highest BCUT2D eigenvalue weighted by atomic mass is 16.5. The maximum Gasteiger partial charge on any atom is 0.126 e. The lowest BCUT2D eigenvalue weighted by molar-refractivity contribution is -0.108. The van der Waals surface area contributed by atoms with Crippen molar-refractivity contribution in [2.75, 3.05) is 34.5 Å². The highest BCUT2D eigenvalue weighted by Gasteiger charge is 2.29. The molecule has 10 heteroatoms. The number of aromatic hydroxyl groups is 2. The normalized spacial score (nSPS) is 12.6. The van der Waals surface area contributed by atoms with E-state index in [1.165, 1.54) is 134 Å². The number of benzene rings is 10. The maximum absolute atomic E-state index is 14.3. The summed E-state index contributed by atoms with van der Waals surface area (Å²) < 4.78 is 14.5. The zero-order valence-corrected chi connectivity index (χ0v) is 78.8. The Morgan fingerprint density at radius 1 is 0.424 bits per heavy atom. The Kier molecular flexibility index (Phi) is 33.6. The summed E-state index contributed by atoms with van der Waals surface area (Å²) in [5, 5.41) is 27.5. The molecule has 11 rings (SSSR count). The second-order valence-corrected chi connectivity index (χ2v) is 36.3. The first-order valence-electron chi connectivity index (χ1n) is 45.8. The molecule has 1 aliphatic carbocycles. The SMILES string of the molecule is C=C(OCCCCCC=O)C(=C/C(=C\C)N(Cc1ccc(C)cc1C)Cc1ccc(C)cc1C)Cc1cc(N(Cc2ccc(C)cc2C)C(C)c2ccc(C)cc2C)cc(Cc2cc(N(Cc3ccc(C)cc3C)Cc3ccc(C)cc3C)cc(Cc3cc(N(CC4=C(C)C=C(C)CC4)Cc4ccc(C)cc4C)cc(CC)c3O)c2OCCCCCC=O)c1O. The lowest BCUT2D eigenvalue weighted by Crippen LogP contribution is -2.27. The van der Waals surface area contributed by atoms with Crippen molar-refractivity contribution in [3.63, 3.8) is 0 Å². The van der Waals surface area contributed by atoms with E-state index in [9.17, 15) is 19.8 Å². The Morgan fingerprint density at radius 2 is 0.816 bits per heavy atom. The van der Waals surface area contributed by atoms with Crippen molar-refractivity contribution in [2.45, 2.75) is 267 Å². The molecule has 0 fully saturated rings. The van der Waals surface area contributed by atoms with Crippen LogP contribution in [0.4, 0.5) is 17.1 Å². The van der Waals surface area contributed by atoms with Crippen LogP contribution in [0.5, 0.6) is 17.2 Å². The molecule has 0 aliphatic heterocycles. The van der Waals surface area contributed by atoms with Crippen molar-refractivity contribution in [1.29, 1.82) is 0 Å². The van der Waals surface area contributed by atoms with Gasteiger partial charge in [0.25, 0.3) is 0 Å². The molecule has 0 spiro atoms. The largest absolute Gasteiger partial charge is 0.507 e. The summed E-state index contributed by atoms with van der Waals surface area (Å²) in [7, 11) is 0. The molecule has 656 valence electrons. The van der Waals surface area contributed by atoms with E-state index in [0.717, 1.165) is 115 Å². The molecular formula is C115H140N4O6. The molecule has 0 aromatic heterocycles. The van der Waals surface area contributed by atoms with E-state index >= 15 is 0 Å². The van der Waals surface area contributed by atoms with E-state index in [4.69, 9.17) is 16.1 Å². The zero-order chi connectivity index (χ0) is 89.7. The van der Waals surface area contributed by atoms with Gasteiger partial charge in [-0.1, -0.05) is 203 Å². The zero-order valence-electron chi connectivity index (χ0n) is 78.8. The molecule has 0 bridgehead atoms. The van der Waals surface area contributed by atoms with Crippen molar-refractivity contribution in [3.05, 3.63) is 373 Å². The monoisotopic (exact) mass is 1670 g/mol. The fraction of sp³-hybridized carbons (Fsp3) is 0.374. The van der Waals surface area contributed by atoms with Gasteiger partial charge < -0.3 is 48.9 Å². The summed E-state index contributed by atoms with van der Waals surface area (Å²) in [6.07, 6.45) is 17.7. The van der Waals surface area contributed by atoms with Gasteiger partial charge in [0.15, 0.2) is 0 Å². The molecule has 0 heterocycles. The van der Waals surface area contributed by atoms with E-state index in [1.807, 2.05) is 0 Å². The van der Waals surface area contributed by atoms with Crippen LogP contribution in [0.25, 0.3) is 0 Å². The lowest BCUT2D eigenvalue weighted by atomic mass is 9.91. The van der Waals surface area contributed by atoms with Crippen molar-refractivity contribution < 1.29 is 29.3 Å². The molecule has 10 aromatic carbocycles. The third kappa shape index (κ3) is 25.5. The van der Waals surface area contributed by atoms with Gasteiger partial charge in [0, 0.05) is 134 Å². The highest BCUT2D eigenvalue weighted by molar-refractivity contribution is 5.67. The Hall–Kier alpha value is -11.4. The van der Waals surface area contributed by atoms with Crippen LogP contribution in [0.1, 0.15) is 255 Å². The van der Waals surface area contributed by atoms with E-state index < -0.39 is 0 Å². The number of phenolic OH excluding ortho intramolecular Hbond substituents is 2. The number of allylic oxidation sites excluding steroid dienone is 6. The minimum Gasteiger partial charge on any atom is -0.507 e. The second kappa shape index (κ2) is 44.5. The van der Waals surface area contributed by atoms with Gasteiger partial charge in [-0.3, -0.25) is 0 Å². The third-order valence-corrected chi connectivity index (χ3v) is 25.8. The quantitative estimate of drug-likeness (QED) is 0.0166. The van der Waals surface area contributed by atoms with Gasteiger partial charge in [-0.2, -0.15) is 0 Å². The molecule has 0 amide bonds. The Morgan fingerprint density at radius 3 is 1.25 bits per heavy atom. The predicted octanol–water partition coefficient (Wildman–Crippen LogP) is 27.7. The van der Waals surface area contributed by atoms with E-state index in [1.54, 1.807) is 0 Å². The van der Waals surface area contributed by atoms with Crippen molar-refractivity contribution >= 4 is 29.6 Å². The first kappa shape index (κ1) is 94.3. The van der Waals surface area contributed by atoms with Gasteiger partial charge in [-0.15, -0.1) is 0 Å². The van der Waals surface area contributed by atoms with Crippen molar-refractivity contribution in [3.8, 4) is 17.2 Å². The molecule has 10 aromatic rings. The molecular weight excluding hydrogens is 1530 g/mol. The van der Waals surface area contributed by atoms with Crippen LogP contribution in [0, 0.1) is 96.9 Å². The van der Waals surface area contributed by atoms with Crippen LogP contribution in [0.3, 0.4) is 0 Å². The number of rotatable bonds is 43. The number of aryl methyl sites for hydroxylation is 15. The summed E-state index contributed by atoms with van der Waals surface area (Å²) in [5.74, 6) is 1.63. The van der Waals surface area contributed by atoms with Gasteiger partial charge in [0.1, 0.15) is 35.6 Å². The average molecular weight is 1670 g/mol. The van der Waals surface area contributed by atoms with Gasteiger partial charge >= 0.3 is 0 Å². The number of hydrogen-bond donors (Lipinski definition) is 2. The second-order valence-electron chi connectivity index (χ2n) is 36.3. The summed E-state index contributed by atoms with van der Waals surface area (Å²) >= 11 is 0. The van der Waals surface area contributed by atoms with Crippen LogP contribution in [0.2, 0.25) is 0 Å². The fourth-order valence-electron chi connectivity index (χ4n) is 18.2. The molecule has 0 radical (unpaired) electrons. The Balaban J connectivity index is 1.20. The minimum absolute atomic E-state index is 0.154. The van der Waals surface area contributed by atoms with E-state index in [-0.39, 0.29) is 30.4 Å². The number of carbonyl (C=O) groups excluding carboxylic acids is 2. The number of unbranched alkanes of at least 4 members (excludes halogenated alkanes) is 6. The standard InChI is InChI=1S/C115H140N4O6/c1-21-94-62-109(117(71-97-41-33-78(5)53-86(97)13)72-98-42-34-79(6)54-87(98)14)64-104(113(94)122)60-106-67-110(118(73-99-43-35-80(7)55-88(99)15)74-100-44-36-81(8)56-89(100)16)68-107(115(106)125-50-30-26-24-28-48-121)61-105-66-111(119(75-101-45-37-82(9)57-90(101)17)92(19)112-46-38-83(10)58-91(112)18)65-103(114(105)123)59-102(93(20)124-49-29-25-23-27-47-120)63-108(22-2)116(69-95-39-31-76(3)51-84(95)11)70-96-40-32-77(4)52-85(96)12/h22,31-33,35-41,43-48,51-58,62-68,92,122-123H,20-21,23-30,34,42,49-50,59-61,69-75H2,1-19H3/b102-63?,108-22+. The maximum atomic E-state index is 14.3. The molecule has 1 aliphatic rings. The van der Waals surface area contributed by atoms with Crippen LogP contribution in [-0.4, -0.2) is 47.4 Å². The molecule has 2 N–H and O–H groups in total. The van der Waals surface area contributed by atoms with Gasteiger partial charge in [0.2, 0.25) is 0 Å². The van der Waals surface area contributed by atoms with Crippen molar-refractivity contribution in [1.82, 2.24) is 4.90 Å². The predicted molar refractivity (Wildman–Crippen MR) is 525 cm³/mol. The number of nitrogens with zero attached hydrogens (tertiary/aromatic N) is 4. The van der Waals surface area contributed by atoms with E-state index in [0.29, 0.717) is 107 Å². The highest BCUT2D eigenvalue weighted by Crippen LogP contribution is 2.45. The number of anilines is 3. The summed E-state index contributed by atoms with van der Waals surface area (Å²) in [6.45, 7) is 51.7. The van der Waals surface area contributed by atoms with Crippen LogP contribution in [0.15, 0.2) is 222 Å². The lowest BCUT2D eigenvalue weighted by Gasteiger charge is -2.34. The van der Waals surface area contributed by atoms with Gasteiger partial charge in [-0.25, -0.2) is 0 Å². The Labute approximate surface area is 750 Å². The van der Waals surface area contributed by atoms with Crippen LogP contribution in [-0.2, 0) is 79.3 Å². The molecule has 1 atom stereocenters. The third-order valence-electron chi connectivity index (χ3n) is 25.8. The number of carbonyl (C=O) groups is 2. The van der Waals surface area contributed by atoms with E-state index in [2.05, 4.69) is 333 Å². The summed E-state index contributed by atoms with van der Waals surface area (Å²) in [4.78, 5) is 33.6. The molecule has 1 unspecified atom stereocenters. The summed E-state index contributed by atoms with van der Waals surface area (Å²) in [6, 6.07) is 60.9. The van der Waals surface area contributed by atoms with Gasteiger partial charge in [-0.05, 0) is 314 Å². The van der Waals surface area contributed by atoms with Crippen molar-refractivity contribution in [2.24, 2.45) is 0 Å². The Bertz CT molecular complexity index is 5520. The summed E-state index contributed by atoms with van der Waals surface area (Å²) in [5.41, 5.74) is 39.2. The van der Waals surface area contributed by atoms with Gasteiger partial charge in [0.05, 0.1) is 19.3 Å². The molecule has 0 saturated heterocycles. The smallest absolute Gasteiger partial charge is 0.126 e. The number of phenols is 2. The number of hydrogen-bond acceptors (Lipinski definition) is 10. The molecule has 125 heavy (non-hydrogen) atoms. The topological polar surface area (TPSA) is 106 Å². The number of aldehydes is 2. The van der Waals surface area contributed by atoms with Crippen LogP contribution >= 0.6 is 0 Å². The number of ether oxygens (including phenoxy) is 2. The molecule has 10 nitrogen and oxygen atoms in total. The minimum atomic E-state index is -0.164. The first-order chi connectivity index (χ1) is 60.0. The fourth-order valence-corrected chi connectivity index (χ4v) is 18.2. The first-order valence-corrected chi connectivity index (χ1v) is 45.8. The van der Waals surface area contributed by atoms with Crippen LogP contribution < -0.4 is 19.4 Å². The molecule has 0 saturated carbocycles.